The Morgan fingerprint density at radius 1 is 1.33 bits per heavy atom. The van der Waals surface area contributed by atoms with E-state index in [1.54, 1.807) is 0 Å². The molecule has 2 aliphatic rings. The number of nitrogens with zero attached hydrogens (tertiary/aromatic N) is 2. The Labute approximate surface area is 109 Å². The summed E-state index contributed by atoms with van der Waals surface area (Å²) in [6.45, 7) is 10.8. The first-order chi connectivity index (χ1) is 8.43. The summed E-state index contributed by atoms with van der Waals surface area (Å²) in [5, 5.41) is 0. The summed E-state index contributed by atoms with van der Waals surface area (Å²) in [4.78, 5) is 7.19. The molecular weight excluding hydrogens is 224 g/mol. The summed E-state index contributed by atoms with van der Waals surface area (Å²) in [6, 6.07) is 4.21. The second-order valence-corrected chi connectivity index (χ2v) is 6.57. The van der Waals surface area contributed by atoms with Crippen LogP contribution in [0.1, 0.15) is 46.2 Å². The summed E-state index contributed by atoms with van der Waals surface area (Å²) >= 11 is 0. The average molecular weight is 246 g/mol. The van der Waals surface area contributed by atoms with Gasteiger partial charge in [0.05, 0.1) is 6.54 Å². The molecule has 1 fully saturated rings. The average Bonchev–Trinajstić information content (AvgIpc) is 3.05. The number of likely N-dealkylation sites (N-methyl/N-ethyl adjacent to an activating group) is 1. The molecule has 0 bridgehead atoms. The first-order valence-corrected chi connectivity index (χ1v) is 6.89. The first-order valence-electron chi connectivity index (χ1n) is 6.89. The van der Waals surface area contributed by atoms with Crippen molar-refractivity contribution in [1.82, 2.24) is 4.98 Å². The van der Waals surface area contributed by atoms with Gasteiger partial charge < -0.3 is 9.64 Å². The highest BCUT2D eigenvalue weighted by molar-refractivity contribution is 5.57. The van der Waals surface area contributed by atoms with E-state index >= 15 is 0 Å². The highest BCUT2D eigenvalue weighted by Gasteiger charge is 2.50. The van der Waals surface area contributed by atoms with E-state index in [-0.39, 0.29) is 11.0 Å². The fourth-order valence-electron chi connectivity index (χ4n) is 2.51. The molecule has 3 nitrogen and oxygen atoms in total. The normalized spacial score (nSPS) is 20.6. The minimum Gasteiger partial charge on any atom is -0.482 e. The van der Waals surface area contributed by atoms with E-state index in [0.29, 0.717) is 0 Å². The highest BCUT2D eigenvalue weighted by Crippen LogP contribution is 2.47. The molecule has 3 heteroatoms. The van der Waals surface area contributed by atoms with E-state index in [2.05, 4.69) is 44.7 Å². The van der Waals surface area contributed by atoms with Gasteiger partial charge in [-0.2, -0.15) is 0 Å². The van der Waals surface area contributed by atoms with Crippen LogP contribution in [0.15, 0.2) is 12.1 Å². The molecule has 98 valence electrons. The summed E-state index contributed by atoms with van der Waals surface area (Å²) < 4.78 is 6.13. The predicted molar refractivity (Wildman–Crippen MR) is 73.4 cm³/mol. The lowest BCUT2D eigenvalue weighted by Crippen LogP contribution is -2.42. The van der Waals surface area contributed by atoms with Crippen molar-refractivity contribution in [1.29, 1.82) is 0 Å². The SMILES string of the molecule is CCN1CC2(CC2)Oc2ccc(C(C)(C)C)nc21. The molecule has 0 atom stereocenters. The van der Waals surface area contributed by atoms with E-state index in [9.17, 15) is 0 Å². The standard InChI is InChI=1S/C15H22N2O/c1-5-17-10-15(8-9-15)18-11-6-7-12(14(2,3)4)16-13(11)17/h6-7H,5,8-10H2,1-4H3. The number of hydrogen-bond acceptors (Lipinski definition) is 3. The van der Waals surface area contributed by atoms with Gasteiger partial charge in [-0.3, -0.25) is 0 Å². The molecule has 1 spiro atoms. The van der Waals surface area contributed by atoms with Gasteiger partial charge in [0.15, 0.2) is 11.6 Å². The summed E-state index contributed by atoms with van der Waals surface area (Å²) in [6.07, 6.45) is 2.37. The topological polar surface area (TPSA) is 25.4 Å². The molecule has 1 aromatic heterocycles. The van der Waals surface area contributed by atoms with Crippen LogP contribution in [0.3, 0.4) is 0 Å². The second kappa shape index (κ2) is 3.62. The van der Waals surface area contributed by atoms with Gasteiger partial charge in [-0.05, 0) is 31.9 Å². The van der Waals surface area contributed by atoms with Gasteiger partial charge in [0.25, 0.3) is 0 Å². The van der Waals surface area contributed by atoms with E-state index in [0.717, 1.165) is 30.4 Å². The fourth-order valence-corrected chi connectivity index (χ4v) is 2.51. The second-order valence-electron chi connectivity index (χ2n) is 6.57. The van der Waals surface area contributed by atoms with Crippen LogP contribution < -0.4 is 9.64 Å². The zero-order valence-electron chi connectivity index (χ0n) is 11.8. The highest BCUT2D eigenvalue weighted by atomic mass is 16.5. The van der Waals surface area contributed by atoms with Crippen LogP contribution in [-0.2, 0) is 5.41 Å². The van der Waals surface area contributed by atoms with Crippen molar-refractivity contribution in [2.75, 3.05) is 18.0 Å². The van der Waals surface area contributed by atoms with Crippen LogP contribution in [-0.4, -0.2) is 23.7 Å². The van der Waals surface area contributed by atoms with Crippen molar-refractivity contribution in [3.8, 4) is 5.75 Å². The van der Waals surface area contributed by atoms with Crippen LogP contribution in [0, 0.1) is 0 Å². The number of rotatable bonds is 1. The minimum absolute atomic E-state index is 0.0865. The molecular formula is C15H22N2O. The number of fused-ring (bicyclic) bond motifs is 1. The van der Waals surface area contributed by atoms with Gasteiger partial charge in [0, 0.05) is 17.7 Å². The van der Waals surface area contributed by atoms with Gasteiger partial charge >= 0.3 is 0 Å². The van der Waals surface area contributed by atoms with E-state index in [4.69, 9.17) is 9.72 Å². The summed E-state index contributed by atoms with van der Waals surface area (Å²) in [5.41, 5.74) is 1.33. The van der Waals surface area contributed by atoms with Gasteiger partial charge in [-0.1, -0.05) is 20.8 Å². The van der Waals surface area contributed by atoms with Crippen LogP contribution in [0.25, 0.3) is 0 Å². The Balaban J connectivity index is 2.02. The molecule has 0 N–H and O–H groups in total. The first kappa shape index (κ1) is 11.8. The zero-order chi connectivity index (χ0) is 13.0. The molecule has 2 heterocycles. The monoisotopic (exact) mass is 246 g/mol. The maximum Gasteiger partial charge on any atom is 0.171 e. The van der Waals surface area contributed by atoms with Gasteiger partial charge in [0.1, 0.15) is 5.60 Å². The Hall–Kier alpha value is -1.25. The van der Waals surface area contributed by atoms with Crippen LogP contribution in [0.5, 0.6) is 5.75 Å². The van der Waals surface area contributed by atoms with Crippen molar-refractivity contribution in [2.24, 2.45) is 0 Å². The van der Waals surface area contributed by atoms with Crippen molar-refractivity contribution >= 4 is 5.82 Å². The van der Waals surface area contributed by atoms with Gasteiger partial charge in [-0.15, -0.1) is 0 Å². The predicted octanol–water partition coefficient (Wildman–Crippen LogP) is 3.13. The largest absolute Gasteiger partial charge is 0.482 e. The maximum atomic E-state index is 6.13. The molecule has 0 amide bonds. The maximum absolute atomic E-state index is 6.13. The third kappa shape index (κ3) is 1.86. The third-order valence-electron chi connectivity index (χ3n) is 3.90. The van der Waals surface area contributed by atoms with Crippen molar-refractivity contribution in [3.05, 3.63) is 17.8 Å². The van der Waals surface area contributed by atoms with Gasteiger partial charge in [0.2, 0.25) is 0 Å². The van der Waals surface area contributed by atoms with Gasteiger partial charge in [-0.25, -0.2) is 4.98 Å². The number of pyridine rings is 1. The molecule has 0 aromatic carbocycles. The molecule has 0 saturated heterocycles. The molecule has 1 saturated carbocycles. The summed E-state index contributed by atoms with van der Waals surface area (Å²) in [5.74, 6) is 2.00. The minimum atomic E-state index is 0.0865. The summed E-state index contributed by atoms with van der Waals surface area (Å²) in [7, 11) is 0. The fraction of sp³-hybridized carbons (Fsp3) is 0.667. The number of aromatic nitrogens is 1. The number of anilines is 1. The third-order valence-corrected chi connectivity index (χ3v) is 3.90. The molecule has 0 unspecified atom stereocenters. The smallest absolute Gasteiger partial charge is 0.171 e. The Kier molecular flexibility index (Phi) is 2.38. The Morgan fingerprint density at radius 3 is 2.61 bits per heavy atom. The van der Waals surface area contributed by atoms with Crippen molar-refractivity contribution in [2.45, 2.75) is 51.6 Å². The number of ether oxygens (including phenoxy) is 1. The van der Waals surface area contributed by atoms with Crippen molar-refractivity contribution in [3.63, 3.8) is 0 Å². The lowest BCUT2D eigenvalue weighted by molar-refractivity contribution is 0.170. The number of hydrogen-bond donors (Lipinski definition) is 0. The molecule has 1 aliphatic carbocycles. The van der Waals surface area contributed by atoms with Crippen LogP contribution in [0.2, 0.25) is 0 Å². The van der Waals surface area contributed by atoms with Crippen LogP contribution >= 0.6 is 0 Å². The molecule has 3 rings (SSSR count). The zero-order valence-corrected chi connectivity index (χ0v) is 11.8. The molecule has 1 aliphatic heterocycles. The van der Waals surface area contributed by atoms with E-state index in [1.165, 1.54) is 12.8 Å². The van der Waals surface area contributed by atoms with Crippen LogP contribution in [0.4, 0.5) is 5.82 Å². The lowest BCUT2D eigenvalue weighted by atomic mass is 9.91. The molecule has 0 radical (unpaired) electrons. The Morgan fingerprint density at radius 2 is 2.06 bits per heavy atom. The molecule has 1 aromatic rings. The van der Waals surface area contributed by atoms with E-state index < -0.39 is 0 Å². The lowest BCUT2D eigenvalue weighted by Gasteiger charge is -2.36. The van der Waals surface area contributed by atoms with Crippen molar-refractivity contribution < 1.29 is 4.74 Å². The van der Waals surface area contributed by atoms with E-state index in [1.807, 2.05) is 0 Å². The quantitative estimate of drug-likeness (QED) is 0.761. The molecule has 18 heavy (non-hydrogen) atoms. The Bertz CT molecular complexity index is 472.